The van der Waals surface area contributed by atoms with E-state index in [2.05, 4.69) is 20.6 Å². The molecule has 0 radical (unpaired) electrons. The van der Waals surface area contributed by atoms with Gasteiger partial charge >= 0.3 is 6.03 Å². The molecule has 2 saturated heterocycles. The monoisotopic (exact) mass is 850 g/mol. The first-order valence-electron chi connectivity index (χ1n) is 19.2. The number of rotatable bonds is 17. The number of carbonyl (C=O) groups excluding carboxylic acids is 5. The fourth-order valence-corrected chi connectivity index (χ4v) is 7.56. The van der Waals surface area contributed by atoms with Crippen molar-refractivity contribution >= 4 is 63.7 Å². The Morgan fingerprint density at radius 1 is 0.867 bits per heavy atom. The normalized spacial score (nSPS) is 16.7. The number of primary amides is 1. The van der Waals surface area contributed by atoms with Crippen LogP contribution in [0.15, 0.2) is 48.8 Å². The second-order valence-corrected chi connectivity index (χ2v) is 14.3. The van der Waals surface area contributed by atoms with E-state index in [9.17, 15) is 24.0 Å². The topological polar surface area (TPSA) is 208 Å². The molecule has 2 fully saturated rings. The average molecular weight is 851 g/mol. The highest BCUT2D eigenvalue weighted by Crippen LogP contribution is 2.42. The third kappa shape index (κ3) is 8.93. The lowest BCUT2D eigenvalue weighted by molar-refractivity contribution is -0.136. The number of anilines is 2. The molecule has 3 aliphatic rings. The highest BCUT2D eigenvalue weighted by atomic mass is 35.5. The molecule has 3 aliphatic heterocycles. The number of urea groups is 1. The molecule has 20 heteroatoms. The number of nitrogens with two attached hydrogens (primary N) is 1. The summed E-state index contributed by atoms with van der Waals surface area (Å²) in [6, 6.07) is 8.87. The van der Waals surface area contributed by atoms with Crippen LogP contribution in [0.1, 0.15) is 33.6 Å². The second-order valence-electron chi connectivity index (χ2n) is 13.9. The Balaban J connectivity index is 0.824. The molecule has 0 bridgehead atoms. The van der Waals surface area contributed by atoms with Gasteiger partial charge in [-0.05, 0) is 36.8 Å². The van der Waals surface area contributed by atoms with E-state index in [0.29, 0.717) is 49.6 Å². The van der Waals surface area contributed by atoms with E-state index in [-0.39, 0.29) is 97.6 Å². The molecule has 3 aromatic carbocycles. The number of halogens is 3. The number of piperidine rings is 1. The number of benzene rings is 3. The maximum Gasteiger partial charge on any atom is 0.314 e. The lowest BCUT2D eigenvalue weighted by atomic mass is 10.0. The number of imide groups is 2. The van der Waals surface area contributed by atoms with E-state index in [4.69, 9.17) is 36.3 Å². The van der Waals surface area contributed by atoms with Crippen molar-refractivity contribution in [2.24, 2.45) is 5.73 Å². The third-order valence-electron chi connectivity index (χ3n) is 10.2. The lowest BCUT2D eigenvalue weighted by Crippen LogP contribution is -2.54. The zero-order valence-electron chi connectivity index (χ0n) is 32.2. The number of ether oxygens (including phenoxy) is 4. The second kappa shape index (κ2) is 18.9. The van der Waals surface area contributed by atoms with Crippen LogP contribution in [0.25, 0.3) is 22.0 Å². The van der Waals surface area contributed by atoms with Gasteiger partial charge in [0.25, 0.3) is 11.8 Å². The average Bonchev–Trinajstić information content (AvgIpc) is 3.49. The molecule has 7 rings (SSSR count). The number of carbonyl (C=O) groups is 5. The van der Waals surface area contributed by atoms with Gasteiger partial charge in [-0.25, -0.2) is 23.5 Å². The fourth-order valence-electron chi connectivity index (χ4n) is 7.28. The molecule has 60 heavy (non-hydrogen) atoms. The van der Waals surface area contributed by atoms with E-state index in [0.717, 1.165) is 4.90 Å². The molecule has 1 atom stereocenters. The van der Waals surface area contributed by atoms with Gasteiger partial charge in [0.05, 0.1) is 61.4 Å². The molecule has 1 unspecified atom stereocenters. The van der Waals surface area contributed by atoms with Crippen LogP contribution in [0, 0.1) is 11.6 Å². The summed E-state index contributed by atoms with van der Waals surface area (Å²) in [6.07, 6.45) is 1.33. The zero-order chi connectivity index (χ0) is 42.3. The standard InChI is InChI=1S/C40H41ClF2N8O9/c41-25-21-24-35(46-22-47-36(24)49-10-12-50(13-11-49)40(44)56)34(43)32(25)33-26(42)4-2-6-29(33)60-20-19-59-18-17-58-16-15-57-14-9-45-27-5-1-3-23-31(27)39(55)51(38(23)54)28-7-8-30(52)48-37(28)53/h1-6,21-22,28,45H,7-20H2,(H2,44,56)(H,48,52,53). The molecule has 316 valence electrons. The highest BCUT2D eigenvalue weighted by Gasteiger charge is 2.45. The van der Waals surface area contributed by atoms with Crippen molar-refractivity contribution in [1.82, 2.24) is 25.1 Å². The van der Waals surface area contributed by atoms with E-state index in [1.54, 1.807) is 12.1 Å². The summed E-state index contributed by atoms with van der Waals surface area (Å²) < 4.78 is 54.2. The first-order valence-corrected chi connectivity index (χ1v) is 19.6. The number of amides is 6. The molecular formula is C40H41ClF2N8O9. The van der Waals surface area contributed by atoms with Crippen molar-refractivity contribution in [3.63, 3.8) is 0 Å². The van der Waals surface area contributed by atoms with Crippen LogP contribution in [0.2, 0.25) is 5.02 Å². The lowest BCUT2D eigenvalue weighted by Gasteiger charge is -2.34. The van der Waals surface area contributed by atoms with Gasteiger partial charge in [-0.3, -0.25) is 29.4 Å². The van der Waals surface area contributed by atoms with Gasteiger partial charge in [0.15, 0.2) is 5.82 Å². The SMILES string of the molecule is NC(=O)N1CCN(c2ncnc3c(F)c(-c4c(F)cccc4OCCOCCOCCOCCNc4cccc5c4C(=O)N(C4CCC(=O)NC4=O)C5=O)c(Cl)cc23)CC1. The molecule has 0 aliphatic carbocycles. The van der Waals surface area contributed by atoms with Crippen LogP contribution >= 0.6 is 11.6 Å². The summed E-state index contributed by atoms with van der Waals surface area (Å²) in [7, 11) is 0. The first-order chi connectivity index (χ1) is 29.0. The number of hydrogen-bond donors (Lipinski definition) is 3. The minimum atomic E-state index is -1.05. The van der Waals surface area contributed by atoms with Crippen molar-refractivity contribution < 1.29 is 51.7 Å². The van der Waals surface area contributed by atoms with E-state index in [1.165, 1.54) is 41.6 Å². The van der Waals surface area contributed by atoms with Crippen LogP contribution in [0.4, 0.5) is 25.1 Å². The Labute approximate surface area is 347 Å². The number of hydrogen-bond acceptors (Lipinski definition) is 13. The van der Waals surface area contributed by atoms with E-state index >= 15 is 8.78 Å². The van der Waals surface area contributed by atoms with Gasteiger partial charge in [-0.2, -0.15) is 0 Å². The van der Waals surface area contributed by atoms with Crippen LogP contribution in [-0.2, 0) is 23.8 Å². The molecular weight excluding hydrogens is 810 g/mol. The number of nitrogens with one attached hydrogen (secondary N) is 2. The Morgan fingerprint density at radius 2 is 1.57 bits per heavy atom. The summed E-state index contributed by atoms with van der Waals surface area (Å²) in [4.78, 5) is 74.5. The van der Waals surface area contributed by atoms with E-state index < -0.39 is 47.3 Å². The summed E-state index contributed by atoms with van der Waals surface area (Å²) in [6.45, 7) is 3.32. The van der Waals surface area contributed by atoms with E-state index in [1.807, 2.05) is 4.90 Å². The minimum absolute atomic E-state index is 0.0162. The van der Waals surface area contributed by atoms with Crippen LogP contribution in [-0.4, -0.2) is 134 Å². The van der Waals surface area contributed by atoms with Crippen molar-refractivity contribution in [3.8, 4) is 16.9 Å². The van der Waals surface area contributed by atoms with Gasteiger partial charge in [-0.15, -0.1) is 0 Å². The van der Waals surface area contributed by atoms with Gasteiger partial charge < -0.3 is 39.8 Å². The molecule has 1 aromatic heterocycles. The van der Waals surface area contributed by atoms with Crippen molar-refractivity contribution in [3.05, 3.63) is 76.6 Å². The third-order valence-corrected chi connectivity index (χ3v) is 10.5. The molecule has 4 N–H and O–H groups in total. The zero-order valence-corrected chi connectivity index (χ0v) is 33.0. The number of aromatic nitrogens is 2. The summed E-state index contributed by atoms with van der Waals surface area (Å²) >= 11 is 6.63. The number of fused-ring (bicyclic) bond motifs is 2. The number of nitrogens with zero attached hydrogens (tertiary/aromatic N) is 5. The number of piperazine rings is 1. The van der Waals surface area contributed by atoms with Crippen molar-refractivity contribution in [2.75, 3.05) is 89.2 Å². The molecule has 0 saturated carbocycles. The minimum Gasteiger partial charge on any atom is -0.490 e. The van der Waals surface area contributed by atoms with Crippen molar-refractivity contribution in [2.45, 2.75) is 18.9 Å². The molecule has 4 aromatic rings. The highest BCUT2D eigenvalue weighted by molar-refractivity contribution is 6.34. The van der Waals surface area contributed by atoms with Gasteiger partial charge in [0.2, 0.25) is 11.8 Å². The predicted octanol–water partition coefficient (Wildman–Crippen LogP) is 3.37. The van der Waals surface area contributed by atoms with Crippen LogP contribution < -0.4 is 26.0 Å². The first kappa shape index (κ1) is 42.1. The maximum atomic E-state index is 16.2. The van der Waals surface area contributed by atoms with Gasteiger partial charge in [0, 0.05) is 55.8 Å². The predicted molar refractivity (Wildman–Crippen MR) is 213 cm³/mol. The molecule has 17 nitrogen and oxygen atoms in total. The molecule has 6 amide bonds. The molecule has 0 spiro atoms. The largest absolute Gasteiger partial charge is 0.490 e. The Bertz CT molecular complexity index is 2310. The Hall–Kier alpha value is -6.02. The smallest absolute Gasteiger partial charge is 0.314 e. The Kier molecular flexibility index (Phi) is 13.3. The van der Waals surface area contributed by atoms with Crippen LogP contribution in [0.5, 0.6) is 5.75 Å². The summed E-state index contributed by atoms with van der Waals surface area (Å²) in [5.41, 5.74) is 5.76. The van der Waals surface area contributed by atoms with Gasteiger partial charge in [0.1, 0.15) is 41.9 Å². The maximum absolute atomic E-state index is 16.2. The fraction of sp³-hybridized carbons (Fsp3) is 0.375. The van der Waals surface area contributed by atoms with Crippen molar-refractivity contribution in [1.29, 1.82) is 0 Å². The van der Waals surface area contributed by atoms with Gasteiger partial charge in [-0.1, -0.05) is 23.7 Å². The summed E-state index contributed by atoms with van der Waals surface area (Å²) in [5, 5.41) is 5.56. The van der Waals surface area contributed by atoms with Crippen LogP contribution in [0.3, 0.4) is 0 Å². The molecule has 4 heterocycles. The summed E-state index contributed by atoms with van der Waals surface area (Å²) in [5.74, 6) is -3.39. The quantitative estimate of drug-likeness (QED) is 0.103. The Morgan fingerprint density at radius 3 is 2.28 bits per heavy atom.